The molecule has 2 aliphatic rings. The highest BCUT2D eigenvalue weighted by Gasteiger charge is 2.31. The molecule has 7 heteroatoms. The van der Waals surface area contributed by atoms with Gasteiger partial charge in [-0.2, -0.15) is 0 Å². The lowest BCUT2D eigenvalue weighted by Crippen LogP contribution is -2.40. The fraction of sp³-hybridized carbons (Fsp3) is 0.304. The number of fused-ring (bicyclic) bond motifs is 6. The Balaban J connectivity index is 1.70. The van der Waals surface area contributed by atoms with Crippen LogP contribution in [0.1, 0.15) is 13.8 Å². The molecule has 0 saturated carbocycles. The van der Waals surface area contributed by atoms with Gasteiger partial charge in [0.2, 0.25) is 0 Å². The first-order valence-corrected chi connectivity index (χ1v) is 11.0. The second kappa shape index (κ2) is 7.91. The van der Waals surface area contributed by atoms with E-state index < -0.39 is 6.10 Å². The molecule has 0 saturated heterocycles. The smallest absolute Gasteiger partial charge is 0.160 e. The molecule has 0 aliphatic carbocycles. The molecule has 1 aromatic heterocycles. The monoisotopic (exact) mass is 420 g/mol. The molecule has 3 atom stereocenters. The largest absolute Gasteiger partial charge is 0.481 e. The fourth-order valence-electron chi connectivity index (χ4n) is 4.09. The van der Waals surface area contributed by atoms with Gasteiger partial charge in [-0.1, -0.05) is 30.3 Å². The molecule has 2 aromatic carbocycles. The third-order valence-electron chi connectivity index (χ3n) is 5.53. The van der Waals surface area contributed by atoms with E-state index in [4.69, 9.17) is 14.7 Å². The molecule has 0 spiro atoms. The molecule has 30 heavy (non-hydrogen) atoms. The second-order valence-corrected chi connectivity index (χ2v) is 8.56. The molecule has 3 heterocycles. The minimum atomic E-state index is -0.646. The van der Waals surface area contributed by atoms with Gasteiger partial charge in [0.15, 0.2) is 6.10 Å². The highest BCUT2D eigenvalue weighted by molar-refractivity contribution is 8.12. The van der Waals surface area contributed by atoms with Gasteiger partial charge in [0.1, 0.15) is 16.9 Å². The van der Waals surface area contributed by atoms with Crippen molar-refractivity contribution in [3.63, 3.8) is 0 Å². The molecule has 0 amide bonds. The molecule has 0 fully saturated rings. The third kappa shape index (κ3) is 3.43. The quantitative estimate of drug-likeness (QED) is 0.586. The number of hydrogen-bond donors (Lipinski definition) is 2. The third-order valence-corrected chi connectivity index (χ3v) is 6.45. The van der Waals surface area contributed by atoms with Crippen molar-refractivity contribution in [1.82, 2.24) is 9.29 Å². The van der Waals surface area contributed by atoms with Gasteiger partial charge in [-0.3, -0.25) is 9.98 Å². The van der Waals surface area contributed by atoms with Crippen LogP contribution in [-0.4, -0.2) is 45.3 Å². The summed E-state index contributed by atoms with van der Waals surface area (Å²) < 4.78 is 12.1. The Kier molecular flexibility index (Phi) is 5.10. The van der Waals surface area contributed by atoms with Crippen LogP contribution in [0, 0.1) is 0 Å². The van der Waals surface area contributed by atoms with Crippen LogP contribution in [0.2, 0.25) is 0 Å². The van der Waals surface area contributed by atoms with Crippen molar-refractivity contribution in [3.05, 3.63) is 54.6 Å². The van der Waals surface area contributed by atoms with E-state index in [-0.39, 0.29) is 12.1 Å². The number of nitrogens with zero attached hydrogens (tertiary/aromatic N) is 3. The molecule has 154 valence electrons. The van der Waals surface area contributed by atoms with Gasteiger partial charge in [-0.15, -0.1) is 0 Å². The average molecular weight is 421 g/mol. The van der Waals surface area contributed by atoms with Gasteiger partial charge in [0, 0.05) is 16.5 Å². The molecule has 0 radical (unpaired) electrons. The number of aromatic nitrogens is 1. The Bertz CT molecular complexity index is 1150. The fourth-order valence-corrected chi connectivity index (χ4v) is 4.75. The molecular weight excluding hydrogens is 396 g/mol. The molecule has 2 aliphatic heterocycles. The summed E-state index contributed by atoms with van der Waals surface area (Å²) in [4.78, 5) is 9.64. The van der Waals surface area contributed by atoms with E-state index >= 15 is 0 Å². The molecule has 5 rings (SSSR count). The topological polar surface area (TPSA) is 71.1 Å². The number of aliphatic imine (C=N–C) groups is 2. The van der Waals surface area contributed by atoms with Gasteiger partial charge in [0.05, 0.1) is 30.7 Å². The van der Waals surface area contributed by atoms with Crippen LogP contribution in [-0.2, 0) is 6.54 Å². The summed E-state index contributed by atoms with van der Waals surface area (Å²) in [5.41, 5.74) is 4.29. The standard InChI is InChI=1S/C23H24N4O2S/c1-14-22-18(24-13-25-30-23(26-14)15(2)28)12-27-19-9-5-3-7-16(19)11-20(27)17-8-4-6-10-21(17)29-22/h3-11,14-15,22,25,28H,12-13H2,1-2H3. The van der Waals surface area contributed by atoms with Crippen molar-refractivity contribution in [1.29, 1.82) is 0 Å². The Morgan fingerprint density at radius 2 is 2.00 bits per heavy atom. The van der Waals surface area contributed by atoms with Crippen molar-refractivity contribution >= 4 is 33.6 Å². The van der Waals surface area contributed by atoms with Crippen molar-refractivity contribution in [2.45, 2.75) is 38.6 Å². The van der Waals surface area contributed by atoms with Crippen LogP contribution in [0.4, 0.5) is 0 Å². The zero-order chi connectivity index (χ0) is 20.7. The maximum absolute atomic E-state index is 10.1. The lowest BCUT2D eigenvalue weighted by atomic mass is 10.0. The van der Waals surface area contributed by atoms with Gasteiger partial charge < -0.3 is 14.4 Å². The van der Waals surface area contributed by atoms with Gasteiger partial charge in [-0.05, 0) is 50.1 Å². The number of aliphatic hydroxyl groups excluding tert-OH is 1. The van der Waals surface area contributed by atoms with E-state index in [0.717, 1.165) is 22.7 Å². The zero-order valence-corrected chi connectivity index (χ0v) is 17.8. The van der Waals surface area contributed by atoms with Crippen LogP contribution < -0.4 is 9.46 Å². The predicted molar refractivity (Wildman–Crippen MR) is 123 cm³/mol. The lowest BCUT2D eigenvalue weighted by molar-refractivity contribution is 0.235. The van der Waals surface area contributed by atoms with Crippen LogP contribution in [0.15, 0.2) is 64.6 Å². The number of benzene rings is 2. The zero-order valence-electron chi connectivity index (χ0n) is 16.9. The molecular formula is C23H24N4O2S. The normalized spacial score (nSPS) is 22.5. The summed E-state index contributed by atoms with van der Waals surface area (Å²) in [6, 6.07) is 18.6. The molecule has 0 bridgehead atoms. The summed E-state index contributed by atoms with van der Waals surface area (Å²) in [5, 5.41) is 11.9. The number of rotatable bonds is 1. The van der Waals surface area contributed by atoms with E-state index in [2.05, 4.69) is 45.7 Å². The maximum Gasteiger partial charge on any atom is 0.160 e. The van der Waals surface area contributed by atoms with Crippen LogP contribution in [0.5, 0.6) is 5.75 Å². The van der Waals surface area contributed by atoms with E-state index in [1.807, 2.05) is 25.1 Å². The summed E-state index contributed by atoms with van der Waals surface area (Å²) in [7, 11) is 0. The van der Waals surface area contributed by atoms with Gasteiger partial charge >= 0.3 is 0 Å². The maximum atomic E-state index is 10.1. The van der Waals surface area contributed by atoms with Gasteiger partial charge in [-0.25, -0.2) is 4.72 Å². The number of nitrogens with one attached hydrogen (secondary N) is 1. The Morgan fingerprint density at radius 1 is 1.20 bits per heavy atom. The van der Waals surface area contributed by atoms with Crippen molar-refractivity contribution in [3.8, 4) is 17.0 Å². The second-order valence-electron chi connectivity index (χ2n) is 7.65. The van der Waals surface area contributed by atoms with Crippen molar-refractivity contribution in [2.24, 2.45) is 9.98 Å². The lowest BCUT2D eigenvalue weighted by Gasteiger charge is -2.29. The number of ether oxygens (including phenoxy) is 1. The summed E-state index contributed by atoms with van der Waals surface area (Å²) in [6.45, 7) is 4.80. The van der Waals surface area contributed by atoms with E-state index in [1.54, 1.807) is 6.92 Å². The van der Waals surface area contributed by atoms with Crippen molar-refractivity contribution in [2.75, 3.05) is 6.67 Å². The summed E-state index contributed by atoms with van der Waals surface area (Å²) in [5.74, 6) is 0.819. The average Bonchev–Trinajstić information content (AvgIpc) is 3.12. The van der Waals surface area contributed by atoms with Crippen LogP contribution >= 0.6 is 11.9 Å². The highest BCUT2D eigenvalue weighted by Crippen LogP contribution is 2.37. The Morgan fingerprint density at radius 3 is 2.87 bits per heavy atom. The minimum absolute atomic E-state index is 0.197. The first-order valence-electron chi connectivity index (χ1n) is 10.1. The van der Waals surface area contributed by atoms with E-state index in [1.165, 1.54) is 22.9 Å². The summed E-state index contributed by atoms with van der Waals surface area (Å²) >= 11 is 1.33. The molecule has 2 N–H and O–H groups in total. The first kappa shape index (κ1) is 19.4. The number of aliphatic hydroxyl groups is 1. The molecule has 3 unspecified atom stereocenters. The van der Waals surface area contributed by atoms with E-state index in [0.29, 0.717) is 18.3 Å². The minimum Gasteiger partial charge on any atom is -0.481 e. The summed E-state index contributed by atoms with van der Waals surface area (Å²) in [6.07, 6.45) is -0.970. The highest BCUT2D eigenvalue weighted by atomic mass is 32.2. The Labute approximate surface area is 179 Å². The molecule has 3 aromatic rings. The SMILES string of the molecule is CC(O)C1=NC(C)C2Oc3ccccc3-c3cc4ccccc4n3CC2=NCNS1. The number of para-hydroxylation sites is 2. The Hall–Kier alpha value is -2.61. The van der Waals surface area contributed by atoms with Gasteiger partial charge in [0.25, 0.3) is 0 Å². The molecule has 6 nitrogen and oxygen atoms in total. The first-order chi connectivity index (χ1) is 14.6. The van der Waals surface area contributed by atoms with Crippen LogP contribution in [0.3, 0.4) is 0 Å². The van der Waals surface area contributed by atoms with Crippen molar-refractivity contribution < 1.29 is 9.84 Å². The predicted octanol–water partition coefficient (Wildman–Crippen LogP) is 3.89. The van der Waals surface area contributed by atoms with E-state index in [9.17, 15) is 5.11 Å². The van der Waals surface area contributed by atoms with Crippen LogP contribution in [0.25, 0.3) is 22.2 Å². The number of hydrogen-bond acceptors (Lipinski definition) is 6.